The Morgan fingerprint density at radius 1 is 1.25 bits per heavy atom. The number of para-hydroxylation sites is 1. The van der Waals surface area contributed by atoms with E-state index in [9.17, 15) is 5.11 Å². The third-order valence-corrected chi connectivity index (χ3v) is 4.32. The van der Waals surface area contributed by atoms with Crippen LogP contribution in [0.3, 0.4) is 0 Å². The molecule has 1 saturated heterocycles. The number of hydrogen-bond donors (Lipinski definition) is 1. The average molecular weight is 277 g/mol. The zero-order valence-corrected chi connectivity index (χ0v) is 12.9. The van der Waals surface area contributed by atoms with Crippen molar-refractivity contribution in [1.82, 2.24) is 4.90 Å². The highest BCUT2D eigenvalue weighted by Gasteiger charge is 2.26. The van der Waals surface area contributed by atoms with Crippen molar-refractivity contribution >= 4 is 0 Å². The summed E-state index contributed by atoms with van der Waals surface area (Å²) in [5.41, 5.74) is 1.11. The molecule has 0 saturated carbocycles. The molecular formula is C17H27NO2. The van der Waals surface area contributed by atoms with Crippen molar-refractivity contribution in [2.45, 2.75) is 58.2 Å². The molecule has 1 aliphatic heterocycles. The molecule has 3 atom stereocenters. The predicted molar refractivity (Wildman–Crippen MR) is 82.2 cm³/mol. The van der Waals surface area contributed by atoms with Gasteiger partial charge in [-0.15, -0.1) is 0 Å². The maximum absolute atomic E-state index is 10.2. The lowest BCUT2D eigenvalue weighted by Gasteiger charge is -2.40. The second-order valence-corrected chi connectivity index (χ2v) is 6.06. The van der Waals surface area contributed by atoms with Crippen LogP contribution >= 0.6 is 0 Å². The third kappa shape index (κ3) is 3.97. The first-order chi connectivity index (χ1) is 9.58. The highest BCUT2D eigenvalue weighted by Crippen LogP contribution is 2.23. The number of aliphatic hydroxyl groups excluding tert-OH is 1. The van der Waals surface area contributed by atoms with Gasteiger partial charge in [-0.2, -0.15) is 0 Å². The molecule has 2 rings (SSSR count). The van der Waals surface area contributed by atoms with E-state index in [1.165, 1.54) is 19.3 Å². The topological polar surface area (TPSA) is 32.7 Å². The summed E-state index contributed by atoms with van der Waals surface area (Å²) in [6, 6.07) is 9.06. The van der Waals surface area contributed by atoms with E-state index < -0.39 is 6.10 Å². The molecule has 1 aromatic carbocycles. The number of rotatable bonds is 5. The van der Waals surface area contributed by atoms with Crippen LogP contribution in [0.4, 0.5) is 0 Å². The van der Waals surface area contributed by atoms with E-state index >= 15 is 0 Å². The highest BCUT2D eigenvalue weighted by atomic mass is 16.5. The Morgan fingerprint density at radius 2 is 1.90 bits per heavy atom. The SMILES string of the molecule is Cc1ccccc1OC[C@H](O)CN1[C@H](C)CCC[C@H]1C. The maximum atomic E-state index is 10.2. The van der Waals surface area contributed by atoms with Crippen LogP contribution in [0.15, 0.2) is 24.3 Å². The molecule has 20 heavy (non-hydrogen) atoms. The van der Waals surface area contributed by atoms with Crippen LogP contribution in [0, 0.1) is 6.92 Å². The third-order valence-electron chi connectivity index (χ3n) is 4.32. The number of piperidine rings is 1. The van der Waals surface area contributed by atoms with Gasteiger partial charge in [-0.05, 0) is 45.2 Å². The molecule has 112 valence electrons. The number of hydrogen-bond acceptors (Lipinski definition) is 3. The summed E-state index contributed by atoms with van der Waals surface area (Å²) in [4.78, 5) is 2.41. The van der Waals surface area contributed by atoms with Gasteiger partial charge in [0.25, 0.3) is 0 Å². The smallest absolute Gasteiger partial charge is 0.122 e. The van der Waals surface area contributed by atoms with Gasteiger partial charge in [0.15, 0.2) is 0 Å². The minimum Gasteiger partial charge on any atom is -0.491 e. The van der Waals surface area contributed by atoms with Gasteiger partial charge in [0.2, 0.25) is 0 Å². The van der Waals surface area contributed by atoms with Crippen LogP contribution in [-0.4, -0.2) is 41.3 Å². The molecule has 0 amide bonds. The van der Waals surface area contributed by atoms with Gasteiger partial charge in [-0.3, -0.25) is 4.90 Å². The molecule has 0 unspecified atom stereocenters. The fraction of sp³-hybridized carbons (Fsp3) is 0.647. The molecule has 0 aromatic heterocycles. The van der Waals surface area contributed by atoms with E-state index in [2.05, 4.69) is 18.7 Å². The average Bonchev–Trinajstić information content (AvgIpc) is 2.42. The second kappa shape index (κ2) is 7.09. The molecule has 1 fully saturated rings. The van der Waals surface area contributed by atoms with Crippen molar-refractivity contribution in [3.8, 4) is 5.75 Å². The van der Waals surface area contributed by atoms with E-state index in [-0.39, 0.29) is 0 Å². The molecule has 0 radical (unpaired) electrons. The molecule has 1 aromatic rings. The Kier molecular flexibility index (Phi) is 5.44. The van der Waals surface area contributed by atoms with Gasteiger partial charge in [0.05, 0.1) is 0 Å². The summed E-state index contributed by atoms with van der Waals surface area (Å²) in [5, 5.41) is 10.2. The van der Waals surface area contributed by atoms with Gasteiger partial charge < -0.3 is 9.84 Å². The summed E-state index contributed by atoms with van der Waals surface area (Å²) >= 11 is 0. The van der Waals surface area contributed by atoms with E-state index in [0.717, 1.165) is 11.3 Å². The van der Waals surface area contributed by atoms with E-state index in [0.29, 0.717) is 25.2 Å². The van der Waals surface area contributed by atoms with Crippen molar-refractivity contribution in [3.05, 3.63) is 29.8 Å². The predicted octanol–water partition coefficient (Wildman–Crippen LogP) is 3.00. The molecular weight excluding hydrogens is 250 g/mol. The minimum atomic E-state index is -0.433. The molecule has 3 heteroatoms. The van der Waals surface area contributed by atoms with Crippen molar-refractivity contribution in [1.29, 1.82) is 0 Å². The Labute approximate surface area is 122 Å². The molecule has 1 heterocycles. The van der Waals surface area contributed by atoms with Crippen LogP contribution in [-0.2, 0) is 0 Å². The van der Waals surface area contributed by atoms with Crippen LogP contribution < -0.4 is 4.74 Å². The van der Waals surface area contributed by atoms with E-state index in [1.807, 2.05) is 31.2 Å². The highest BCUT2D eigenvalue weighted by molar-refractivity contribution is 5.31. The van der Waals surface area contributed by atoms with Crippen LogP contribution in [0.2, 0.25) is 0 Å². The fourth-order valence-electron chi connectivity index (χ4n) is 3.04. The Hall–Kier alpha value is -1.06. The number of ether oxygens (including phenoxy) is 1. The zero-order valence-electron chi connectivity index (χ0n) is 12.9. The minimum absolute atomic E-state index is 0.362. The maximum Gasteiger partial charge on any atom is 0.122 e. The molecule has 3 nitrogen and oxygen atoms in total. The van der Waals surface area contributed by atoms with Crippen molar-refractivity contribution in [2.75, 3.05) is 13.2 Å². The van der Waals surface area contributed by atoms with Crippen molar-refractivity contribution in [2.24, 2.45) is 0 Å². The number of likely N-dealkylation sites (tertiary alicyclic amines) is 1. The lowest BCUT2D eigenvalue weighted by Crippen LogP contribution is -2.48. The van der Waals surface area contributed by atoms with Gasteiger partial charge in [0.1, 0.15) is 18.5 Å². The Morgan fingerprint density at radius 3 is 2.55 bits per heavy atom. The van der Waals surface area contributed by atoms with E-state index in [1.54, 1.807) is 0 Å². The number of aryl methyl sites for hydroxylation is 1. The number of benzene rings is 1. The standard InChI is InChI=1S/C17H27NO2/c1-13-7-4-5-10-17(13)20-12-16(19)11-18-14(2)8-6-9-15(18)3/h4-5,7,10,14-16,19H,6,8-9,11-12H2,1-3H3/t14-,15-,16-/m1/s1. The molecule has 0 aliphatic carbocycles. The van der Waals surface area contributed by atoms with Gasteiger partial charge >= 0.3 is 0 Å². The Balaban J connectivity index is 1.83. The molecule has 1 aliphatic rings. The summed E-state index contributed by atoms with van der Waals surface area (Å²) < 4.78 is 5.73. The largest absolute Gasteiger partial charge is 0.491 e. The van der Waals surface area contributed by atoms with Crippen LogP contribution in [0.1, 0.15) is 38.7 Å². The monoisotopic (exact) mass is 277 g/mol. The van der Waals surface area contributed by atoms with Gasteiger partial charge in [-0.1, -0.05) is 24.6 Å². The first kappa shape index (κ1) is 15.3. The van der Waals surface area contributed by atoms with Crippen LogP contribution in [0.25, 0.3) is 0 Å². The second-order valence-electron chi connectivity index (χ2n) is 6.06. The van der Waals surface area contributed by atoms with Gasteiger partial charge in [0, 0.05) is 18.6 Å². The quantitative estimate of drug-likeness (QED) is 0.898. The number of nitrogens with zero attached hydrogens (tertiary/aromatic N) is 1. The number of β-amino-alcohol motifs (C(OH)–C–C–N with tert-alkyl or cyclic N) is 1. The molecule has 1 N–H and O–H groups in total. The molecule has 0 spiro atoms. The lowest BCUT2D eigenvalue weighted by atomic mass is 9.97. The van der Waals surface area contributed by atoms with Crippen molar-refractivity contribution < 1.29 is 9.84 Å². The van der Waals surface area contributed by atoms with Crippen molar-refractivity contribution in [3.63, 3.8) is 0 Å². The lowest BCUT2D eigenvalue weighted by molar-refractivity contribution is 0.0208. The van der Waals surface area contributed by atoms with E-state index in [4.69, 9.17) is 4.74 Å². The molecule has 0 bridgehead atoms. The normalized spacial score (nSPS) is 25.4. The summed E-state index contributed by atoms with van der Waals surface area (Å²) in [7, 11) is 0. The van der Waals surface area contributed by atoms with Gasteiger partial charge in [-0.25, -0.2) is 0 Å². The fourth-order valence-corrected chi connectivity index (χ4v) is 3.04. The first-order valence-electron chi connectivity index (χ1n) is 7.70. The van der Waals surface area contributed by atoms with Crippen LogP contribution in [0.5, 0.6) is 5.75 Å². The summed E-state index contributed by atoms with van der Waals surface area (Å²) in [5.74, 6) is 0.867. The summed E-state index contributed by atoms with van der Waals surface area (Å²) in [6.07, 6.45) is 3.33. The summed E-state index contributed by atoms with van der Waals surface area (Å²) in [6.45, 7) is 7.60. The zero-order chi connectivity index (χ0) is 14.5. The first-order valence-corrected chi connectivity index (χ1v) is 7.70. The number of aliphatic hydroxyl groups is 1. The Bertz CT molecular complexity index is 411.